The normalized spacial score (nSPS) is 26.9. The second kappa shape index (κ2) is 3.90. The largest absolute Gasteiger partial charge is 0.308 e. The smallest absolute Gasteiger partial charge is 0.173 e. The molecule has 1 aliphatic rings. The van der Waals surface area contributed by atoms with Gasteiger partial charge < -0.3 is 5.32 Å². The van der Waals surface area contributed by atoms with E-state index in [0.29, 0.717) is 6.54 Å². The molecule has 0 spiro atoms. The molecule has 0 bridgehead atoms. The minimum atomic E-state index is -2.98. The fraction of sp³-hybridized carbons (Fsp3) is 0.625. The van der Waals surface area contributed by atoms with E-state index >= 15 is 0 Å². The van der Waals surface area contributed by atoms with Crippen molar-refractivity contribution in [2.45, 2.75) is 13.0 Å². The molecule has 0 fully saturated rings. The van der Waals surface area contributed by atoms with Gasteiger partial charge in [-0.1, -0.05) is 6.08 Å². The number of nitrogens with one attached hydrogen (secondary N) is 1. The summed E-state index contributed by atoms with van der Waals surface area (Å²) in [5.41, 5.74) is 0. The van der Waals surface area contributed by atoms with Gasteiger partial charge >= 0.3 is 0 Å². The summed E-state index contributed by atoms with van der Waals surface area (Å²) in [7, 11) is -2.98. The molecular formula is C8H12N2O2S. The number of hydrogen-bond donors (Lipinski definition) is 1. The summed E-state index contributed by atoms with van der Waals surface area (Å²) in [6.45, 7) is 2.32. The van der Waals surface area contributed by atoms with E-state index in [1.165, 1.54) is 5.41 Å². The van der Waals surface area contributed by atoms with Gasteiger partial charge in [-0.05, 0) is 6.92 Å². The predicted octanol–water partition coefficient (Wildman–Crippen LogP) is 0.0464. The minimum absolute atomic E-state index is 0.0864. The average Bonchev–Trinajstić information content (AvgIpc) is 2.41. The maximum Gasteiger partial charge on any atom is 0.173 e. The molecular weight excluding hydrogens is 188 g/mol. The van der Waals surface area contributed by atoms with Crippen LogP contribution >= 0.6 is 0 Å². The molecule has 72 valence electrons. The van der Waals surface area contributed by atoms with E-state index < -0.39 is 9.84 Å². The third kappa shape index (κ3) is 3.17. The van der Waals surface area contributed by atoms with Gasteiger partial charge in [0.1, 0.15) is 0 Å². The Morgan fingerprint density at radius 2 is 2.46 bits per heavy atom. The molecule has 0 aromatic carbocycles. The molecule has 0 saturated carbocycles. The summed E-state index contributed by atoms with van der Waals surface area (Å²) in [4.78, 5) is 0. The van der Waals surface area contributed by atoms with Crippen molar-refractivity contribution in [2.75, 3.05) is 12.3 Å². The molecule has 4 nitrogen and oxygen atoms in total. The fourth-order valence-corrected chi connectivity index (χ4v) is 2.35. The first kappa shape index (κ1) is 10.2. The predicted molar refractivity (Wildman–Crippen MR) is 49.5 cm³/mol. The summed E-state index contributed by atoms with van der Waals surface area (Å²) >= 11 is 0. The molecule has 1 rings (SSSR count). The van der Waals surface area contributed by atoms with Crippen molar-refractivity contribution < 1.29 is 8.42 Å². The van der Waals surface area contributed by atoms with E-state index in [0.717, 1.165) is 0 Å². The van der Waals surface area contributed by atoms with Crippen molar-refractivity contribution in [3.8, 4) is 6.07 Å². The third-order valence-corrected chi connectivity index (χ3v) is 3.23. The van der Waals surface area contributed by atoms with Crippen LogP contribution in [-0.4, -0.2) is 26.8 Å². The third-order valence-electron chi connectivity index (χ3n) is 1.84. The van der Waals surface area contributed by atoms with Gasteiger partial charge in [0.2, 0.25) is 0 Å². The first-order valence-electron chi connectivity index (χ1n) is 4.07. The first-order valence-corrected chi connectivity index (χ1v) is 5.79. The monoisotopic (exact) mass is 200 g/mol. The molecule has 13 heavy (non-hydrogen) atoms. The Hall–Kier alpha value is -0.860. The van der Waals surface area contributed by atoms with E-state index in [4.69, 9.17) is 5.26 Å². The van der Waals surface area contributed by atoms with Crippen LogP contribution in [0.15, 0.2) is 11.5 Å². The quantitative estimate of drug-likeness (QED) is 0.698. The van der Waals surface area contributed by atoms with E-state index in [9.17, 15) is 8.42 Å². The molecule has 2 atom stereocenters. The van der Waals surface area contributed by atoms with Gasteiger partial charge in [-0.2, -0.15) is 5.26 Å². The summed E-state index contributed by atoms with van der Waals surface area (Å²) in [5, 5.41) is 12.7. The Morgan fingerprint density at radius 3 is 2.92 bits per heavy atom. The Bertz CT molecular complexity index is 340. The van der Waals surface area contributed by atoms with Gasteiger partial charge in [-0.3, -0.25) is 0 Å². The number of sulfone groups is 1. The molecule has 2 unspecified atom stereocenters. The van der Waals surface area contributed by atoms with Crippen molar-refractivity contribution >= 4 is 9.84 Å². The molecule has 5 heteroatoms. The molecule has 0 saturated heterocycles. The highest BCUT2D eigenvalue weighted by atomic mass is 32.2. The molecule has 1 aliphatic heterocycles. The van der Waals surface area contributed by atoms with Crippen LogP contribution < -0.4 is 5.32 Å². The van der Waals surface area contributed by atoms with Gasteiger partial charge in [0.05, 0.1) is 17.7 Å². The summed E-state index contributed by atoms with van der Waals surface area (Å²) in [6.07, 6.45) is 1.62. The molecule has 0 aromatic heterocycles. The molecule has 0 radical (unpaired) electrons. The lowest BCUT2D eigenvalue weighted by molar-refractivity contribution is 0.561. The Kier molecular flexibility index (Phi) is 3.07. The second-order valence-corrected chi connectivity index (χ2v) is 5.13. The zero-order valence-corrected chi connectivity index (χ0v) is 8.21. The topological polar surface area (TPSA) is 70.0 Å². The van der Waals surface area contributed by atoms with E-state index in [-0.39, 0.29) is 17.7 Å². The van der Waals surface area contributed by atoms with Crippen LogP contribution in [-0.2, 0) is 9.84 Å². The average molecular weight is 200 g/mol. The number of rotatable bonds is 3. The van der Waals surface area contributed by atoms with Gasteiger partial charge in [-0.15, -0.1) is 0 Å². The highest BCUT2D eigenvalue weighted by Gasteiger charge is 2.21. The van der Waals surface area contributed by atoms with E-state index in [1.807, 2.05) is 0 Å². The van der Waals surface area contributed by atoms with Crippen LogP contribution in [0.5, 0.6) is 0 Å². The van der Waals surface area contributed by atoms with Crippen LogP contribution in [0.3, 0.4) is 0 Å². The van der Waals surface area contributed by atoms with Gasteiger partial charge in [0.15, 0.2) is 9.84 Å². The Labute approximate surface area is 78.2 Å². The maximum atomic E-state index is 11.0. The SMILES string of the molecule is CC(C#N)CNC1C=CS(=O)(=O)C1. The number of hydrogen-bond acceptors (Lipinski definition) is 4. The first-order chi connectivity index (χ1) is 6.03. The van der Waals surface area contributed by atoms with Crippen LogP contribution in [0.25, 0.3) is 0 Å². The maximum absolute atomic E-state index is 11.0. The van der Waals surface area contributed by atoms with Crippen molar-refractivity contribution in [3.63, 3.8) is 0 Å². The van der Waals surface area contributed by atoms with Crippen LogP contribution in [0.2, 0.25) is 0 Å². The lowest BCUT2D eigenvalue weighted by Gasteiger charge is -2.09. The minimum Gasteiger partial charge on any atom is -0.308 e. The molecule has 0 amide bonds. The van der Waals surface area contributed by atoms with Crippen LogP contribution in [0, 0.1) is 17.2 Å². The summed E-state index contributed by atoms with van der Waals surface area (Å²) in [6, 6.07) is 1.95. The van der Waals surface area contributed by atoms with Gasteiger partial charge in [0.25, 0.3) is 0 Å². The fourth-order valence-electron chi connectivity index (χ4n) is 1.08. The highest BCUT2D eigenvalue weighted by Crippen LogP contribution is 2.07. The molecule has 1 heterocycles. The zero-order chi connectivity index (χ0) is 9.90. The van der Waals surface area contributed by atoms with Gasteiger partial charge in [0, 0.05) is 18.0 Å². The van der Waals surface area contributed by atoms with Crippen LogP contribution in [0.1, 0.15) is 6.92 Å². The van der Waals surface area contributed by atoms with E-state index in [2.05, 4.69) is 11.4 Å². The summed E-state index contributed by atoms with van der Waals surface area (Å²) in [5.74, 6) is 0.0298. The van der Waals surface area contributed by atoms with Crippen molar-refractivity contribution in [3.05, 3.63) is 11.5 Å². The standard InChI is InChI=1S/C8H12N2O2S/c1-7(4-9)5-10-8-2-3-13(11,12)6-8/h2-3,7-8,10H,5-6H2,1H3. The zero-order valence-electron chi connectivity index (χ0n) is 7.40. The van der Waals surface area contributed by atoms with Crippen molar-refractivity contribution in [1.82, 2.24) is 5.32 Å². The highest BCUT2D eigenvalue weighted by molar-refractivity contribution is 7.94. The van der Waals surface area contributed by atoms with Gasteiger partial charge in [-0.25, -0.2) is 8.42 Å². The lowest BCUT2D eigenvalue weighted by atomic mass is 10.2. The lowest BCUT2D eigenvalue weighted by Crippen LogP contribution is -2.33. The second-order valence-electron chi connectivity index (χ2n) is 3.20. The molecule has 1 N–H and O–H groups in total. The molecule has 0 aliphatic carbocycles. The molecule has 0 aromatic rings. The Balaban J connectivity index is 2.36. The van der Waals surface area contributed by atoms with Crippen molar-refractivity contribution in [2.24, 2.45) is 5.92 Å². The van der Waals surface area contributed by atoms with Crippen LogP contribution in [0.4, 0.5) is 0 Å². The van der Waals surface area contributed by atoms with Crippen molar-refractivity contribution in [1.29, 1.82) is 5.26 Å². The Morgan fingerprint density at radius 1 is 1.77 bits per heavy atom. The number of nitrogens with zero attached hydrogens (tertiary/aromatic N) is 1. The summed E-state index contributed by atoms with van der Waals surface area (Å²) < 4.78 is 21.9. The number of nitriles is 1. The van der Waals surface area contributed by atoms with E-state index in [1.54, 1.807) is 13.0 Å².